The van der Waals surface area contributed by atoms with Gasteiger partial charge in [0.15, 0.2) is 12.4 Å². The smallest absolute Gasteiger partial charge is 0.329 e. The van der Waals surface area contributed by atoms with Gasteiger partial charge in [0.05, 0.1) is 7.11 Å². The molecule has 1 aromatic heterocycles. The summed E-state index contributed by atoms with van der Waals surface area (Å²) in [6, 6.07) is 0. The maximum Gasteiger partial charge on any atom is 0.329 e. The van der Waals surface area contributed by atoms with Crippen LogP contribution >= 0.6 is 0 Å². The highest BCUT2D eigenvalue weighted by Crippen LogP contribution is 1.86. The molecule has 0 spiro atoms. The number of carbonyl (C=O) groups is 1. The second-order valence-corrected chi connectivity index (χ2v) is 1.97. The molecule has 0 aromatic carbocycles. The SMILES string of the molecule is COC(=O)Cn1nnc(CO)n1. The predicted molar refractivity (Wildman–Crippen MR) is 35.8 cm³/mol. The third-order valence-corrected chi connectivity index (χ3v) is 1.13. The standard InChI is InChI=1S/C5H8N4O3/c1-12-5(11)2-9-7-4(3-10)6-8-9/h10H,2-3H2,1H3. The summed E-state index contributed by atoms with van der Waals surface area (Å²) in [5.41, 5.74) is 0. The van der Waals surface area contributed by atoms with E-state index in [1.165, 1.54) is 7.11 Å². The molecule has 1 rings (SSSR count). The average molecular weight is 172 g/mol. The van der Waals surface area contributed by atoms with Crippen molar-refractivity contribution in [2.75, 3.05) is 7.11 Å². The minimum absolute atomic E-state index is 0.0938. The van der Waals surface area contributed by atoms with E-state index in [0.29, 0.717) is 0 Å². The van der Waals surface area contributed by atoms with E-state index in [1.807, 2.05) is 0 Å². The summed E-state index contributed by atoms with van der Waals surface area (Å²) in [6.07, 6.45) is 0. The number of hydrogen-bond donors (Lipinski definition) is 1. The van der Waals surface area contributed by atoms with Crippen molar-refractivity contribution >= 4 is 5.97 Å². The molecule has 0 aliphatic rings. The Labute approximate surface area is 67.9 Å². The molecular weight excluding hydrogens is 164 g/mol. The lowest BCUT2D eigenvalue weighted by molar-refractivity contribution is -0.141. The Bertz CT molecular complexity index is 271. The van der Waals surface area contributed by atoms with Crippen molar-refractivity contribution in [3.63, 3.8) is 0 Å². The summed E-state index contributed by atoms with van der Waals surface area (Å²) >= 11 is 0. The van der Waals surface area contributed by atoms with Gasteiger partial charge in [-0.3, -0.25) is 0 Å². The lowest BCUT2D eigenvalue weighted by Crippen LogP contribution is -2.14. The van der Waals surface area contributed by atoms with E-state index in [0.717, 1.165) is 4.80 Å². The van der Waals surface area contributed by atoms with E-state index in [-0.39, 0.29) is 19.0 Å². The zero-order valence-corrected chi connectivity index (χ0v) is 6.47. The van der Waals surface area contributed by atoms with Crippen LogP contribution in [0.1, 0.15) is 5.82 Å². The fraction of sp³-hybridized carbons (Fsp3) is 0.600. The van der Waals surface area contributed by atoms with Crippen molar-refractivity contribution in [3.8, 4) is 0 Å². The zero-order valence-electron chi connectivity index (χ0n) is 6.47. The van der Waals surface area contributed by atoms with E-state index in [1.54, 1.807) is 0 Å². The van der Waals surface area contributed by atoms with Gasteiger partial charge in [-0.15, -0.1) is 10.2 Å². The number of rotatable bonds is 3. The third-order valence-electron chi connectivity index (χ3n) is 1.13. The van der Waals surface area contributed by atoms with Gasteiger partial charge in [0.2, 0.25) is 0 Å². The molecule has 0 aliphatic heterocycles. The lowest BCUT2D eigenvalue weighted by atomic mass is 10.7. The molecule has 1 heterocycles. The van der Waals surface area contributed by atoms with Gasteiger partial charge in [-0.25, -0.2) is 4.79 Å². The summed E-state index contributed by atoms with van der Waals surface area (Å²) < 4.78 is 4.37. The molecule has 0 aliphatic carbocycles. The molecule has 0 saturated carbocycles. The van der Waals surface area contributed by atoms with Gasteiger partial charge in [-0.1, -0.05) is 0 Å². The second kappa shape index (κ2) is 3.77. The number of aliphatic hydroxyl groups is 1. The number of aliphatic hydroxyl groups excluding tert-OH is 1. The van der Waals surface area contributed by atoms with Gasteiger partial charge >= 0.3 is 5.97 Å². The first-order valence-corrected chi connectivity index (χ1v) is 3.20. The Morgan fingerprint density at radius 3 is 3.00 bits per heavy atom. The highest BCUT2D eigenvalue weighted by molar-refractivity contribution is 5.68. The number of hydrogen-bond acceptors (Lipinski definition) is 6. The van der Waals surface area contributed by atoms with Gasteiger partial charge in [-0.05, 0) is 5.21 Å². The van der Waals surface area contributed by atoms with Gasteiger partial charge in [-0.2, -0.15) is 4.80 Å². The molecule has 66 valence electrons. The number of tetrazole rings is 1. The number of aromatic nitrogens is 4. The van der Waals surface area contributed by atoms with Crippen molar-refractivity contribution in [1.29, 1.82) is 0 Å². The predicted octanol–water partition coefficient (Wildman–Crippen LogP) is -1.66. The molecule has 1 aromatic rings. The molecule has 0 saturated heterocycles. The summed E-state index contributed by atoms with van der Waals surface area (Å²) in [7, 11) is 1.27. The van der Waals surface area contributed by atoms with Crippen LogP contribution in [-0.2, 0) is 22.7 Å². The van der Waals surface area contributed by atoms with Gasteiger partial charge in [0.25, 0.3) is 0 Å². The zero-order chi connectivity index (χ0) is 8.97. The van der Waals surface area contributed by atoms with Gasteiger partial charge in [0.1, 0.15) is 6.61 Å². The first kappa shape index (κ1) is 8.60. The molecule has 12 heavy (non-hydrogen) atoms. The Kier molecular flexibility index (Phi) is 2.70. The average Bonchev–Trinajstić information content (AvgIpc) is 2.52. The molecule has 7 nitrogen and oxygen atoms in total. The number of carbonyl (C=O) groups excluding carboxylic acids is 1. The third kappa shape index (κ3) is 1.99. The van der Waals surface area contributed by atoms with Crippen molar-refractivity contribution in [3.05, 3.63) is 5.82 Å². The Morgan fingerprint density at radius 1 is 1.75 bits per heavy atom. The molecule has 7 heteroatoms. The van der Waals surface area contributed by atoms with E-state index in [4.69, 9.17) is 5.11 Å². The fourth-order valence-corrected chi connectivity index (χ4v) is 0.587. The molecule has 0 radical (unpaired) electrons. The van der Waals surface area contributed by atoms with E-state index in [9.17, 15) is 4.79 Å². The number of methoxy groups -OCH3 is 1. The molecule has 0 atom stereocenters. The maximum absolute atomic E-state index is 10.7. The Hall–Kier alpha value is -1.50. The van der Waals surface area contributed by atoms with Crippen LogP contribution in [0.4, 0.5) is 0 Å². The quantitative estimate of drug-likeness (QED) is 0.549. The monoisotopic (exact) mass is 172 g/mol. The molecule has 0 fully saturated rings. The van der Waals surface area contributed by atoms with Crippen LogP contribution in [0.15, 0.2) is 0 Å². The number of nitrogens with zero attached hydrogens (tertiary/aromatic N) is 4. The summed E-state index contributed by atoms with van der Waals surface area (Å²) in [4.78, 5) is 11.7. The van der Waals surface area contributed by atoms with E-state index < -0.39 is 5.97 Å². The summed E-state index contributed by atoms with van der Waals surface area (Å²) in [5, 5.41) is 19.1. The number of ether oxygens (including phenoxy) is 1. The second-order valence-electron chi connectivity index (χ2n) is 1.97. The van der Waals surface area contributed by atoms with Crippen molar-refractivity contribution in [2.24, 2.45) is 0 Å². The molecule has 0 amide bonds. The van der Waals surface area contributed by atoms with Crippen LogP contribution in [0, 0.1) is 0 Å². The van der Waals surface area contributed by atoms with Crippen LogP contribution in [0.2, 0.25) is 0 Å². The largest absolute Gasteiger partial charge is 0.468 e. The van der Waals surface area contributed by atoms with Crippen LogP contribution in [0.25, 0.3) is 0 Å². The Balaban J connectivity index is 2.58. The lowest BCUT2D eigenvalue weighted by Gasteiger charge is -1.94. The van der Waals surface area contributed by atoms with Crippen molar-refractivity contribution in [2.45, 2.75) is 13.2 Å². The van der Waals surface area contributed by atoms with E-state index in [2.05, 4.69) is 20.1 Å². The van der Waals surface area contributed by atoms with Gasteiger partial charge in [0, 0.05) is 0 Å². The first-order valence-electron chi connectivity index (χ1n) is 3.20. The Morgan fingerprint density at radius 2 is 2.50 bits per heavy atom. The number of esters is 1. The highest BCUT2D eigenvalue weighted by atomic mass is 16.5. The summed E-state index contributed by atoms with van der Waals surface area (Å²) in [5.74, 6) is -0.282. The first-order chi connectivity index (χ1) is 5.76. The topological polar surface area (TPSA) is 90.1 Å². The van der Waals surface area contributed by atoms with Crippen LogP contribution in [0.3, 0.4) is 0 Å². The van der Waals surface area contributed by atoms with Crippen LogP contribution < -0.4 is 0 Å². The molecular formula is C5H8N4O3. The molecule has 0 bridgehead atoms. The molecule has 1 N–H and O–H groups in total. The molecule has 0 unspecified atom stereocenters. The van der Waals surface area contributed by atoms with Gasteiger partial charge < -0.3 is 9.84 Å². The van der Waals surface area contributed by atoms with E-state index >= 15 is 0 Å². The normalized spacial score (nSPS) is 9.83. The van der Waals surface area contributed by atoms with Crippen LogP contribution in [0.5, 0.6) is 0 Å². The highest BCUT2D eigenvalue weighted by Gasteiger charge is 2.05. The minimum atomic E-state index is -0.461. The minimum Gasteiger partial charge on any atom is -0.468 e. The van der Waals surface area contributed by atoms with Crippen LogP contribution in [-0.4, -0.2) is 38.4 Å². The fourth-order valence-electron chi connectivity index (χ4n) is 0.587. The summed E-state index contributed by atoms with van der Waals surface area (Å²) in [6.45, 7) is -0.384. The van der Waals surface area contributed by atoms with Crippen molar-refractivity contribution in [1.82, 2.24) is 20.2 Å². The maximum atomic E-state index is 10.7. The van der Waals surface area contributed by atoms with Crippen molar-refractivity contribution < 1.29 is 14.6 Å².